The van der Waals surface area contributed by atoms with E-state index < -0.39 is 0 Å². The number of hydrogen-bond acceptors (Lipinski definition) is 4. The summed E-state index contributed by atoms with van der Waals surface area (Å²) in [5.74, 6) is 2.77. The summed E-state index contributed by atoms with van der Waals surface area (Å²) in [6.07, 6.45) is 0.980. The predicted octanol–water partition coefficient (Wildman–Crippen LogP) is 3.41. The van der Waals surface area contributed by atoms with Gasteiger partial charge >= 0.3 is 0 Å². The van der Waals surface area contributed by atoms with E-state index in [0.29, 0.717) is 5.92 Å². The highest BCUT2D eigenvalue weighted by Gasteiger charge is 2.10. The summed E-state index contributed by atoms with van der Waals surface area (Å²) in [5, 5.41) is 10.6. The van der Waals surface area contributed by atoms with Gasteiger partial charge in [0, 0.05) is 5.75 Å². The second kappa shape index (κ2) is 7.08. The molecule has 0 aliphatic carbocycles. The van der Waals surface area contributed by atoms with E-state index >= 15 is 0 Å². The summed E-state index contributed by atoms with van der Waals surface area (Å²) in [6, 6.07) is 5.96. The summed E-state index contributed by atoms with van der Waals surface area (Å²) in [6.45, 7) is 2.15. The minimum absolute atomic E-state index is 0.413. The van der Waals surface area contributed by atoms with Gasteiger partial charge in [-0.3, -0.25) is 0 Å². The molecule has 17 heavy (non-hydrogen) atoms. The minimum Gasteiger partial charge on any atom is -0.493 e. The summed E-state index contributed by atoms with van der Waals surface area (Å²) >= 11 is 1.30. The highest BCUT2D eigenvalue weighted by atomic mass is 32.2. The number of nitrogens with zero attached hydrogens (tertiary/aromatic N) is 1. The van der Waals surface area contributed by atoms with Gasteiger partial charge in [-0.25, -0.2) is 0 Å². The van der Waals surface area contributed by atoms with Crippen LogP contribution in [0.5, 0.6) is 11.5 Å². The van der Waals surface area contributed by atoms with E-state index in [1.165, 1.54) is 17.3 Å². The highest BCUT2D eigenvalue weighted by molar-refractivity contribution is 8.03. The van der Waals surface area contributed by atoms with Gasteiger partial charge in [0.25, 0.3) is 0 Å². The van der Waals surface area contributed by atoms with E-state index in [1.807, 2.05) is 18.2 Å². The number of benzene rings is 1. The smallest absolute Gasteiger partial charge is 0.160 e. The van der Waals surface area contributed by atoms with E-state index in [4.69, 9.17) is 14.7 Å². The molecular formula is C13H17NO2S. The first-order valence-corrected chi connectivity index (χ1v) is 6.44. The molecule has 1 atom stereocenters. The largest absolute Gasteiger partial charge is 0.493 e. The maximum Gasteiger partial charge on any atom is 0.160 e. The average Bonchev–Trinajstić information content (AvgIpc) is 2.38. The van der Waals surface area contributed by atoms with Crippen molar-refractivity contribution in [2.45, 2.75) is 19.3 Å². The monoisotopic (exact) mass is 251 g/mol. The predicted molar refractivity (Wildman–Crippen MR) is 70.6 cm³/mol. The molecular weight excluding hydrogens is 234 g/mol. The summed E-state index contributed by atoms with van der Waals surface area (Å²) in [7, 11) is 3.27. The SMILES string of the molecule is COc1ccc(C(C)CCSC#N)cc1OC. The van der Waals surface area contributed by atoms with Crippen LogP contribution in [-0.2, 0) is 0 Å². The molecule has 0 spiro atoms. The minimum atomic E-state index is 0.413. The Hall–Kier alpha value is -1.34. The molecule has 4 heteroatoms. The molecule has 1 aromatic carbocycles. The zero-order valence-corrected chi connectivity index (χ0v) is 11.2. The van der Waals surface area contributed by atoms with Crippen LogP contribution in [0.1, 0.15) is 24.8 Å². The van der Waals surface area contributed by atoms with Crippen LogP contribution in [0.3, 0.4) is 0 Å². The van der Waals surface area contributed by atoms with Gasteiger partial charge in [-0.15, -0.1) is 0 Å². The number of thiocyanates is 1. The number of hydrogen-bond donors (Lipinski definition) is 0. The Balaban J connectivity index is 2.74. The van der Waals surface area contributed by atoms with E-state index in [1.54, 1.807) is 14.2 Å². The second-order valence-corrected chi connectivity index (χ2v) is 4.62. The van der Waals surface area contributed by atoms with Crippen molar-refractivity contribution in [2.75, 3.05) is 20.0 Å². The molecule has 0 saturated carbocycles. The van der Waals surface area contributed by atoms with Gasteiger partial charge in [-0.1, -0.05) is 13.0 Å². The zero-order chi connectivity index (χ0) is 12.7. The maximum atomic E-state index is 8.48. The van der Waals surface area contributed by atoms with E-state index in [2.05, 4.69) is 12.3 Å². The Kier molecular flexibility index (Phi) is 5.71. The van der Waals surface area contributed by atoms with Gasteiger partial charge in [0.05, 0.1) is 14.2 Å². The normalized spacial score (nSPS) is 11.6. The van der Waals surface area contributed by atoms with Crippen molar-refractivity contribution in [1.82, 2.24) is 0 Å². The fraction of sp³-hybridized carbons (Fsp3) is 0.462. The Morgan fingerprint density at radius 3 is 2.59 bits per heavy atom. The van der Waals surface area contributed by atoms with Crippen LogP contribution < -0.4 is 9.47 Å². The molecule has 0 saturated heterocycles. The third-order valence-electron chi connectivity index (χ3n) is 2.69. The molecule has 1 unspecified atom stereocenters. The number of methoxy groups -OCH3 is 2. The standard InChI is InChI=1S/C13H17NO2S/c1-10(6-7-17-9-14)11-4-5-12(15-2)13(8-11)16-3/h4-5,8,10H,6-7H2,1-3H3. The number of thioether (sulfide) groups is 1. The van der Waals surface area contributed by atoms with E-state index in [9.17, 15) is 0 Å². The van der Waals surface area contributed by atoms with Gasteiger partial charge < -0.3 is 9.47 Å². The topological polar surface area (TPSA) is 42.2 Å². The van der Waals surface area contributed by atoms with Gasteiger partial charge in [0.1, 0.15) is 5.40 Å². The summed E-state index contributed by atoms with van der Waals surface area (Å²) in [4.78, 5) is 0. The van der Waals surface area contributed by atoms with Crippen molar-refractivity contribution >= 4 is 11.8 Å². The van der Waals surface area contributed by atoms with Crippen molar-refractivity contribution in [3.63, 3.8) is 0 Å². The Morgan fingerprint density at radius 2 is 2.00 bits per heavy atom. The third kappa shape index (κ3) is 3.86. The van der Waals surface area contributed by atoms with Crippen molar-refractivity contribution in [1.29, 1.82) is 5.26 Å². The van der Waals surface area contributed by atoms with Crippen molar-refractivity contribution < 1.29 is 9.47 Å². The molecule has 92 valence electrons. The molecule has 0 aliphatic heterocycles. The molecule has 0 aromatic heterocycles. The van der Waals surface area contributed by atoms with Crippen molar-refractivity contribution in [3.8, 4) is 16.9 Å². The number of nitriles is 1. The van der Waals surface area contributed by atoms with E-state index in [0.717, 1.165) is 23.7 Å². The molecule has 1 rings (SSSR count). The Labute approximate surface area is 107 Å². The molecule has 1 aromatic rings. The third-order valence-corrected chi connectivity index (χ3v) is 3.26. The lowest BCUT2D eigenvalue weighted by Gasteiger charge is -2.14. The highest BCUT2D eigenvalue weighted by Crippen LogP contribution is 2.31. The Morgan fingerprint density at radius 1 is 1.29 bits per heavy atom. The first-order chi connectivity index (χ1) is 8.22. The molecule has 0 amide bonds. The van der Waals surface area contributed by atoms with Crippen LogP contribution >= 0.6 is 11.8 Å². The summed E-state index contributed by atoms with van der Waals surface area (Å²) < 4.78 is 10.5. The Bertz CT molecular complexity index is 401. The molecule has 0 aliphatic rings. The quantitative estimate of drug-likeness (QED) is 0.574. The van der Waals surface area contributed by atoms with Crippen LogP contribution in [0.25, 0.3) is 0 Å². The fourth-order valence-corrected chi connectivity index (χ4v) is 2.17. The zero-order valence-electron chi connectivity index (χ0n) is 10.4. The van der Waals surface area contributed by atoms with Crippen LogP contribution in [-0.4, -0.2) is 20.0 Å². The first kappa shape index (κ1) is 13.7. The summed E-state index contributed by atoms with van der Waals surface area (Å²) in [5.41, 5.74) is 1.21. The molecule has 0 fully saturated rings. The molecule has 0 radical (unpaired) electrons. The van der Waals surface area contributed by atoms with Gasteiger partial charge in [-0.05, 0) is 41.8 Å². The van der Waals surface area contributed by atoms with Gasteiger partial charge in [0.15, 0.2) is 11.5 Å². The van der Waals surface area contributed by atoms with Gasteiger partial charge in [0.2, 0.25) is 0 Å². The number of ether oxygens (including phenoxy) is 2. The van der Waals surface area contributed by atoms with Crippen LogP contribution in [0.2, 0.25) is 0 Å². The lowest BCUT2D eigenvalue weighted by Crippen LogP contribution is -1.97. The maximum absolute atomic E-state index is 8.48. The second-order valence-electron chi connectivity index (χ2n) is 3.74. The molecule has 0 heterocycles. The lowest BCUT2D eigenvalue weighted by atomic mass is 9.98. The van der Waals surface area contributed by atoms with Gasteiger partial charge in [-0.2, -0.15) is 5.26 Å². The molecule has 0 N–H and O–H groups in total. The molecule has 3 nitrogen and oxygen atoms in total. The van der Waals surface area contributed by atoms with Crippen LogP contribution in [0.15, 0.2) is 18.2 Å². The van der Waals surface area contributed by atoms with Crippen molar-refractivity contribution in [3.05, 3.63) is 23.8 Å². The van der Waals surface area contributed by atoms with E-state index in [-0.39, 0.29) is 0 Å². The molecule has 0 bridgehead atoms. The average molecular weight is 251 g/mol. The lowest BCUT2D eigenvalue weighted by molar-refractivity contribution is 0.354. The first-order valence-electron chi connectivity index (χ1n) is 5.45. The number of rotatable bonds is 6. The van der Waals surface area contributed by atoms with Crippen LogP contribution in [0, 0.1) is 10.7 Å². The fourth-order valence-electron chi connectivity index (χ4n) is 1.61. The van der Waals surface area contributed by atoms with Crippen LogP contribution in [0.4, 0.5) is 0 Å². The van der Waals surface area contributed by atoms with Crippen molar-refractivity contribution in [2.24, 2.45) is 0 Å².